The topological polar surface area (TPSA) is 49.4 Å². The van der Waals surface area contributed by atoms with Gasteiger partial charge < -0.3 is 0 Å². The highest BCUT2D eigenvalue weighted by molar-refractivity contribution is 7.92. The first-order chi connectivity index (χ1) is 11.9. The molecule has 1 unspecified atom stereocenters. The molecule has 0 spiro atoms. The summed E-state index contributed by atoms with van der Waals surface area (Å²) in [7, 11) is -3.23. The molecule has 134 valence electrons. The Morgan fingerprint density at radius 3 is 2.48 bits per heavy atom. The van der Waals surface area contributed by atoms with Gasteiger partial charge in [0.1, 0.15) is 0 Å². The van der Waals surface area contributed by atoms with Crippen LogP contribution in [-0.2, 0) is 29.4 Å². The molecule has 4 nitrogen and oxygen atoms in total. The minimum Gasteiger partial charge on any atom is -0.295 e. The number of nitrogens with one attached hydrogen (secondary N) is 1. The number of benzene rings is 2. The average molecular weight is 359 g/mol. The van der Waals surface area contributed by atoms with Gasteiger partial charge in [0.2, 0.25) is 10.0 Å². The molecule has 2 aromatic carbocycles. The van der Waals surface area contributed by atoms with E-state index in [1.807, 2.05) is 12.1 Å². The molecule has 3 rings (SSSR count). The van der Waals surface area contributed by atoms with E-state index in [2.05, 4.69) is 52.9 Å². The molecule has 0 aromatic heterocycles. The van der Waals surface area contributed by atoms with E-state index in [4.69, 9.17) is 0 Å². The maximum Gasteiger partial charge on any atom is 0.229 e. The predicted octanol–water partition coefficient (Wildman–Crippen LogP) is 3.44. The van der Waals surface area contributed by atoms with Crippen LogP contribution in [0, 0.1) is 0 Å². The van der Waals surface area contributed by atoms with Gasteiger partial charge in [-0.3, -0.25) is 9.62 Å². The van der Waals surface area contributed by atoms with Crippen molar-refractivity contribution in [3.63, 3.8) is 0 Å². The Bertz CT molecular complexity index is 819. The number of nitrogens with zero attached hydrogens (tertiary/aromatic N) is 1. The Morgan fingerprint density at radius 1 is 1.08 bits per heavy atom. The molecule has 1 atom stereocenters. The number of rotatable bonds is 7. The molecule has 0 saturated carbocycles. The summed E-state index contributed by atoms with van der Waals surface area (Å²) in [5.41, 5.74) is 4.59. The van der Waals surface area contributed by atoms with Crippen molar-refractivity contribution < 1.29 is 8.42 Å². The lowest BCUT2D eigenvalue weighted by Gasteiger charge is -2.28. The first-order valence-corrected chi connectivity index (χ1v) is 10.7. The van der Waals surface area contributed by atoms with Crippen molar-refractivity contribution >= 4 is 15.7 Å². The number of hydrogen-bond acceptors (Lipinski definition) is 3. The summed E-state index contributed by atoms with van der Waals surface area (Å²) >= 11 is 0. The van der Waals surface area contributed by atoms with E-state index in [1.165, 1.54) is 22.9 Å². The zero-order chi connectivity index (χ0) is 17.9. The van der Waals surface area contributed by atoms with Crippen LogP contribution in [0.4, 0.5) is 5.69 Å². The molecule has 5 heteroatoms. The second-order valence-electron chi connectivity index (χ2n) is 6.88. The van der Waals surface area contributed by atoms with Crippen molar-refractivity contribution in [1.82, 2.24) is 4.90 Å². The van der Waals surface area contributed by atoms with Crippen LogP contribution in [0.5, 0.6) is 0 Å². The highest BCUT2D eigenvalue weighted by atomic mass is 32.2. The fourth-order valence-electron chi connectivity index (χ4n) is 3.63. The summed E-state index contributed by atoms with van der Waals surface area (Å²) in [4.78, 5) is 2.55. The molecule has 0 heterocycles. The molecule has 0 bridgehead atoms. The first kappa shape index (κ1) is 18.0. The van der Waals surface area contributed by atoms with Gasteiger partial charge in [0.25, 0.3) is 0 Å². The molecular formula is C20H26N2O2S. The fraction of sp³-hybridized carbons (Fsp3) is 0.400. The zero-order valence-electron chi connectivity index (χ0n) is 14.9. The SMILES string of the molecule is CCCN(Cc1ccccc1)C1Cc2ccc(NS(C)(=O)=O)cc2C1. The molecule has 0 fully saturated rings. The molecule has 0 amide bonds. The third-order valence-electron chi connectivity index (χ3n) is 4.68. The van der Waals surface area contributed by atoms with Crippen LogP contribution in [0.25, 0.3) is 0 Å². The maximum atomic E-state index is 11.4. The summed E-state index contributed by atoms with van der Waals surface area (Å²) in [6, 6.07) is 17.0. The fourth-order valence-corrected chi connectivity index (χ4v) is 4.18. The normalized spacial score (nSPS) is 16.8. The van der Waals surface area contributed by atoms with E-state index >= 15 is 0 Å². The lowest BCUT2D eigenvalue weighted by Crippen LogP contribution is -2.36. The molecule has 0 aliphatic heterocycles. The second-order valence-corrected chi connectivity index (χ2v) is 8.62. The lowest BCUT2D eigenvalue weighted by atomic mass is 10.1. The highest BCUT2D eigenvalue weighted by Gasteiger charge is 2.26. The Balaban J connectivity index is 1.74. The lowest BCUT2D eigenvalue weighted by molar-refractivity contribution is 0.193. The first-order valence-electron chi connectivity index (χ1n) is 8.82. The van der Waals surface area contributed by atoms with Crippen LogP contribution in [0.15, 0.2) is 48.5 Å². The Morgan fingerprint density at radius 2 is 1.80 bits per heavy atom. The van der Waals surface area contributed by atoms with E-state index in [1.54, 1.807) is 0 Å². The summed E-state index contributed by atoms with van der Waals surface area (Å²) in [5, 5.41) is 0. The molecule has 1 aliphatic rings. The number of fused-ring (bicyclic) bond motifs is 1. The molecule has 0 radical (unpaired) electrons. The van der Waals surface area contributed by atoms with E-state index in [-0.39, 0.29) is 0 Å². The van der Waals surface area contributed by atoms with Crippen LogP contribution < -0.4 is 4.72 Å². The van der Waals surface area contributed by atoms with Gasteiger partial charge in [-0.1, -0.05) is 43.3 Å². The maximum absolute atomic E-state index is 11.4. The molecule has 2 aromatic rings. The molecule has 25 heavy (non-hydrogen) atoms. The second kappa shape index (κ2) is 7.58. The summed E-state index contributed by atoms with van der Waals surface area (Å²) in [6.07, 6.45) is 4.31. The monoisotopic (exact) mass is 358 g/mol. The summed E-state index contributed by atoms with van der Waals surface area (Å²) in [6.45, 7) is 4.25. The van der Waals surface area contributed by atoms with Crippen molar-refractivity contribution in [2.24, 2.45) is 0 Å². The third-order valence-corrected chi connectivity index (χ3v) is 5.28. The van der Waals surface area contributed by atoms with Gasteiger partial charge in [0.05, 0.1) is 6.26 Å². The molecule has 1 N–H and O–H groups in total. The van der Waals surface area contributed by atoms with Gasteiger partial charge in [0.15, 0.2) is 0 Å². The van der Waals surface area contributed by atoms with Crippen molar-refractivity contribution in [3.8, 4) is 0 Å². The number of sulfonamides is 1. The van der Waals surface area contributed by atoms with Crippen LogP contribution >= 0.6 is 0 Å². The van der Waals surface area contributed by atoms with Gasteiger partial charge in [-0.15, -0.1) is 0 Å². The van der Waals surface area contributed by atoms with Crippen molar-refractivity contribution in [2.45, 2.75) is 38.8 Å². The third kappa shape index (κ3) is 4.83. The zero-order valence-corrected chi connectivity index (χ0v) is 15.7. The molecule has 1 aliphatic carbocycles. The van der Waals surface area contributed by atoms with Gasteiger partial charge in [-0.25, -0.2) is 8.42 Å². The minimum atomic E-state index is -3.23. The van der Waals surface area contributed by atoms with Crippen molar-refractivity contribution in [2.75, 3.05) is 17.5 Å². The van der Waals surface area contributed by atoms with Gasteiger partial charge in [0, 0.05) is 18.3 Å². The van der Waals surface area contributed by atoms with Gasteiger partial charge >= 0.3 is 0 Å². The quantitative estimate of drug-likeness (QED) is 0.825. The van der Waals surface area contributed by atoms with Gasteiger partial charge in [-0.2, -0.15) is 0 Å². The summed E-state index contributed by atoms with van der Waals surface area (Å²) < 4.78 is 25.5. The smallest absolute Gasteiger partial charge is 0.229 e. The van der Waals surface area contributed by atoms with Gasteiger partial charge in [-0.05, 0) is 54.6 Å². The molecule has 0 saturated heterocycles. The van der Waals surface area contributed by atoms with E-state index in [0.29, 0.717) is 11.7 Å². The average Bonchev–Trinajstić information content (AvgIpc) is 2.97. The van der Waals surface area contributed by atoms with Crippen LogP contribution in [-0.4, -0.2) is 32.2 Å². The van der Waals surface area contributed by atoms with Crippen molar-refractivity contribution in [1.29, 1.82) is 0 Å². The minimum absolute atomic E-state index is 0.476. The number of hydrogen-bond donors (Lipinski definition) is 1. The largest absolute Gasteiger partial charge is 0.295 e. The van der Waals surface area contributed by atoms with E-state index < -0.39 is 10.0 Å². The molecular weight excluding hydrogens is 332 g/mol. The van der Waals surface area contributed by atoms with Crippen LogP contribution in [0.3, 0.4) is 0 Å². The Hall–Kier alpha value is -1.85. The predicted molar refractivity (Wildman–Crippen MR) is 103 cm³/mol. The highest BCUT2D eigenvalue weighted by Crippen LogP contribution is 2.29. The Labute approximate surface area is 150 Å². The van der Waals surface area contributed by atoms with Crippen molar-refractivity contribution in [3.05, 3.63) is 65.2 Å². The van der Waals surface area contributed by atoms with E-state index in [9.17, 15) is 8.42 Å². The van der Waals surface area contributed by atoms with Crippen LogP contribution in [0.1, 0.15) is 30.0 Å². The van der Waals surface area contributed by atoms with Crippen LogP contribution in [0.2, 0.25) is 0 Å². The summed E-state index contributed by atoms with van der Waals surface area (Å²) in [5.74, 6) is 0. The Kier molecular flexibility index (Phi) is 5.45. The standard InChI is InChI=1S/C20H26N2O2S/c1-3-11-22(15-16-7-5-4-6-8-16)20-13-17-9-10-19(12-18(17)14-20)21-25(2,23)24/h4-10,12,20-21H,3,11,13-15H2,1-2H3. The van der Waals surface area contributed by atoms with E-state index in [0.717, 1.165) is 32.4 Å². The number of anilines is 1.